The van der Waals surface area contributed by atoms with Crippen molar-refractivity contribution < 1.29 is 26.3 Å². The minimum absolute atomic E-state index is 0. The first-order chi connectivity index (χ1) is 10.1. The van der Waals surface area contributed by atoms with E-state index in [0.717, 1.165) is 16.9 Å². The van der Waals surface area contributed by atoms with E-state index in [1.54, 1.807) is 24.3 Å². The van der Waals surface area contributed by atoms with E-state index in [4.69, 9.17) is 11.6 Å². The second-order valence-corrected chi connectivity index (χ2v) is 5.55. The maximum atomic E-state index is 12.5. The Kier molecular flexibility index (Phi) is 5.04. The summed E-state index contributed by atoms with van der Waals surface area (Å²) >= 11 is 5.86. The number of ketones is 1. The molecule has 0 amide bonds. The number of hydrogen-bond donors (Lipinski definition) is 0. The van der Waals surface area contributed by atoms with E-state index in [0.29, 0.717) is 17.1 Å². The molecular formula is C17H16BrClN2O. The summed E-state index contributed by atoms with van der Waals surface area (Å²) in [6.07, 6.45) is 0. The van der Waals surface area contributed by atoms with E-state index in [9.17, 15) is 4.79 Å². The van der Waals surface area contributed by atoms with Gasteiger partial charge in [0.25, 0.3) is 5.82 Å². The highest BCUT2D eigenvalue weighted by atomic mass is 79.9. The first kappa shape index (κ1) is 16.7. The largest absolute Gasteiger partial charge is 1.00 e. The molecular weight excluding hydrogens is 364 g/mol. The van der Waals surface area contributed by atoms with Crippen LogP contribution in [0.1, 0.15) is 16.2 Å². The van der Waals surface area contributed by atoms with E-state index < -0.39 is 0 Å². The van der Waals surface area contributed by atoms with Gasteiger partial charge in [0, 0.05) is 17.5 Å². The van der Waals surface area contributed by atoms with Gasteiger partial charge in [-0.3, -0.25) is 4.79 Å². The number of aryl methyl sites for hydroxylation is 1. The Morgan fingerprint density at radius 1 is 1.14 bits per heavy atom. The van der Waals surface area contributed by atoms with Gasteiger partial charge in [-0.1, -0.05) is 23.7 Å². The molecule has 0 aliphatic rings. The molecule has 0 aliphatic carbocycles. The molecule has 0 atom stereocenters. The van der Waals surface area contributed by atoms with Crippen molar-refractivity contribution in [3.63, 3.8) is 0 Å². The van der Waals surface area contributed by atoms with Crippen LogP contribution in [0, 0.1) is 6.92 Å². The third-order valence-corrected chi connectivity index (χ3v) is 4.13. The van der Waals surface area contributed by atoms with E-state index in [1.807, 2.05) is 36.7 Å². The van der Waals surface area contributed by atoms with Crippen LogP contribution in [0.25, 0.3) is 11.0 Å². The molecule has 1 heterocycles. The Labute approximate surface area is 144 Å². The van der Waals surface area contributed by atoms with Crippen LogP contribution in [0.3, 0.4) is 0 Å². The standard InChI is InChI=1S/C17H16ClN2O.BrH/c1-12-19(2)15-5-3-4-6-16(15)20(12)11-17(21)13-7-9-14(18)10-8-13;/h3-10H,11H2,1-2H3;1H/q+1;/p-1. The molecule has 0 bridgehead atoms. The Morgan fingerprint density at radius 3 is 2.45 bits per heavy atom. The number of fused-ring (bicyclic) bond motifs is 1. The minimum atomic E-state index is 0. The topological polar surface area (TPSA) is 25.9 Å². The van der Waals surface area contributed by atoms with E-state index >= 15 is 0 Å². The number of benzene rings is 2. The summed E-state index contributed by atoms with van der Waals surface area (Å²) in [7, 11) is 2.01. The fourth-order valence-electron chi connectivity index (χ4n) is 2.58. The monoisotopic (exact) mass is 378 g/mol. The fourth-order valence-corrected chi connectivity index (χ4v) is 2.70. The number of rotatable bonds is 3. The zero-order valence-electron chi connectivity index (χ0n) is 12.4. The van der Waals surface area contributed by atoms with Crippen molar-refractivity contribution in [1.29, 1.82) is 0 Å². The number of hydrogen-bond acceptors (Lipinski definition) is 1. The van der Waals surface area contributed by atoms with Crippen molar-refractivity contribution >= 4 is 28.4 Å². The third-order valence-electron chi connectivity index (χ3n) is 3.88. The SMILES string of the molecule is Cc1n(CC(=O)c2ccc(Cl)cc2)c2ccccc2[n+]1C.[Br-]. The molecule has 22 heavy (non-hydrogen) atoms. The predicted molar refractivity (Wildman–Crippen MR) is 83.6 cm³/mol. The maximum Gasteiger partial charge on any atom is 0.254 e. The number of carbonyl (C=O) groups is 1. The summed E-state index contributed by atoms with van der Waals surface area (Å²) in [6, 6.07) is 15.1. The van der Waals surface area contributed by atoms with Gasteiger partial charge in [0.05, 0.1) is 7.05 Å². The van der Waals surface area contributed by atoms with Gasteiger partial charge in [0.15, 0.2) is 17.6 Å². The van der Waals surface area contributed by atoms with Crippen molar-refractivity contribution in [2.24, 2.45) is 7.05 Å². The Bertz CT molecular complexity index is 825. The van der Waals surface area contributed by atoms with Gasteiger partial charge in [0.1, 0.15) is 0 Å². The molecule has 114 valence electrons. The average Bonchev–Trinajstić information content (AvgIpc) is 2.73. The molecule has 3 rings (SSSR count). The summed E-state index contributed by atoms with van der Waals surface area (Å²) in [5.41, 5.74) is 2.87. The fraction of sp³-hybridized carbons (Fsp3) is 0.176. The van der Waals surface area contributed by atoms with Crippen LogP contribution in [0.2, 0.25) is 5.02 Å². The lowest BCUT2D eigenvalue weighted by Crippen LogP contribution is -3.00. The number of nitrogens with zero attached hydrogens (tertiary/aromatic N) is 2. The highest BCUT2D eigenvalue weighted by molar-refractivity contribution is 6.30. The molecule has 0 radical (unpaired) electrons. The second-order valence-electron chi connectivity index (χ2n) is 5.11. The Morgan fingerprint density at radius 2 is 1.77 bits per heavy atom. The zero-order chi connectivity index (χ0) is 15.0. The summed E-state index contributed by atoms with van der Waals surface area (Å²) < 4.78 is 4.15. The lowest BCUT2D eigenvalue weighted by Gasteiger charge is -2.01. The van der Waals surface area contributed by atoms with Crippen molar-refractivity contribution in [2.45, 2.75) is 13.5 Å². The number of halogens is 2. The number of imidazole rings is 1. The van der Waals surface area contributed by atoms with Crippen molar-refractivity contribution in [2.75, 3.05) is 0 Å². The van der Waals surface area contributed by atoms with E-state index in [1.165, 1.54) is 0 Å². The van der Waals surface area contributed by atoms with Crippen molar-refractivity contribution in [1.82, 2.24) is 4.57 Å². The molecule has 5 heteroatoms. The van der Waals surface area contributed by atoms with Gasteiger partial charge in [0.2, 0.25) is 5.78 Å². The summed E-state index contributed by atoms with van der Waals surface area (Å²) in [5.74, 6) is 1.13. The van der Waals surface area contributed by atoms with Gasteiger partial charge >= 0.3 is 0 Å². The van der Waals surface area contributed by atoms with Gasteiger partial charge in [-0.15, -0.1) is 0 Å². The molecule has 1 aromatic heterocycles. The number of aromatic nitrogens is 2. The highest BCUT2D eigenvalue weighted by Gasteiger charge is 2.21. The van der Waals surface area contributed by atoms with Gasteiger partial charge in [-0.25, -0.2) is 9.13 Å². The Balaban J connectivity index is 0.00000176. The minimum Gasteiger partial charge on any atom is -1.00 e. The van der Waals surface area contributed by atoms with Crippen LogP contribution in [0.15, 0.2) is 48.5 Å². The lowest BCUT2D eigenvalue weighted by atomic mass is 10.1. The van der Waals surface area contributed by atoms with Crippen molar-refractivity contribution in [3.05, 3.63) is 64.9 Å². The van der Waals surface area contributed by atoms with Crippen LogP contribution < -0.4 is 21.5 Å². The second kappa shape index (κ2) is 6.63. The van der Waals surface area contributed by atoms with Gasteiger partial charge in [-0.2, -0.15) is 0 Å². The average molecular weight is 380 g/mol. The van der Waals surface area contributed by atoms with E-state index in [-0.39, 0.29) is 22.8 Å². The molecule has 2 aromatic carbocycles. The molecule has 3 nitrogen and oxygen atoms in total. The molecule has 3 aromatic rings. The van der Waals surface area contributed by atoms with Crippen LogP contribution in [0.4, 0.5) is 0 Å². The number of Topliss-reactive ketones (excluding diaryl/α,β-unsaturated/α-hetero) is 1. The van der Waals surface area contributed by atoms with Gasteiger partial charge in [-0.05, 0) is 36.4 Å². The number of carbonyl (C=O) groups excluding carboxylic acids is 1. The van der Waals surface area contributed by atoms with Gasteiger partial charge < -0.3 is 17.0 Å². The molecule has 0 saturated heterocycles. The summed E-state index contributed by atoms with van der Waals surface area (Å²) in [6.45, 7) is 2.35. The molecule has 0 unspecified atom stereocenters. The predicted octanol–water partition coefficient (Wildman–Crippen LogP) is 0.315. The molecule has 0 aliphatic heterocycles. The normalized spacial score (nSPS) is 10.5. The summed E-state index contributed by atoms with van der Waals surface area (Å²) in [5, 5.41) is 0.639. The first-order valence-electron chi connectivity index (χ1n) is 6.80. The van der Waals surface area contributed by atoms with Crippen molar-refractivity contribution in [3.8, 4) is 0 Å². The lowest BCUT2D eigenvalue weighted by molar-refractivity contribution is -0.652. The van der Waals surface area contributed by atoms with Crippen LogP contribution >= 0.6 is 11.6 Å². The smallest absolute Gasteiger partial charge is 0.254 e. The van der Waals surface area contributed by atoms with Crippen LogP contribution in [0.5, 0.6) is 0 Å². The molecule has 0 spiro atoms. The van der Waals surface area contributed by atoms with Crippen LogP contribution in [-0.4, -0.2) is 10.4 Å². The zero-order valence-corrected chi connectivity index (χ0v) is 14.7. The van der Waals surface area contributed by atoms with Crippen LogP contribution in [-0.2, 0) is 13.6 Å². The quantitative estimate of drug-likeness (QED) is 0.475. The molecule has 0 saturated carbocycles. The first-order valence-corrected chi connectivity index (χ1v) is 7.18. The number of para-hydroxylation sites is 2. The molecule has 0 fully saturated rings. The van der Waals surface area contributed by atoms with E-state index in [2.05, 4.69) is 10.6 Å². The third kappa shape index (κ3) is 2.94. The maximum absolute atomic E-state index is 12.5. The highest BCUT2D eigenvalue weighted by Crippen LogP contribution is 2.16. The molecule has 0 N–H and O–H groups in total. The Hall–Kier alpha value is -1.65. The summed E-state index contributed by atoms with van der Waals surface area (Å²) in [4.78, 5) is 12.5.